The molecule has 0 saturated carbocycles. The number of benzene rings is 1. The fourth-order valence-corrected chi connectivity index (χ4v) is 2.92. The second kappa shape index (κ2) is 8.24. The average molecular weight is 313 g/mol. The van der Waals surface area contributed by atoms with Crippen LogP contribution in [-0.2, 0) is 10.0 Å². The summed E-state index contributed by atoms with van der Waals surface area (Å²) in [6.07, 6.45) is 5.91. The Hall–Kier alpha value is -1.27. The summed E-state index contributed by atoms with van der Waals surface area (Å²) in [5, 5.41) is 3.31. The lowest BCUT2D eigenvalue weighted by molar-refractivity contribution is 0.587. The second-order valence-electron chi connectivity index (χ2n) is 5.35. The van der Waals surface area contributed by atoms with Gasteiger partial charge in [0.05, 0.1) is 16.3 Å². The van der Waals surface area contributed by atoms with E-state index < -0.39 is 10.0 Å². The first-order valence-corrected chi connectivity index (χ1v) is 8.98. The van der Waals surface area contributed by atoms with E-state index in [4.69, 9.17) is 5.73 Å². The largest absolute Gasteiger partial charge is 0.397 e. The molecule has 0 radical (unpaired) electrons. The molecule has 1 atom stereocenters. The third-order valence-electron chi connectivity index (χ3n) is 3.50. The van der Waals surface area contributed by atoms with Gasteiger partial charge in [-0.25, -0.2) is 13.1 Å². The molecule has 1 aromatic carbocycles. The van der Waals surface area contributed by atoms with Crippen LogP contribution in [0.15, 0.2) is 23.1 Å². The van der Waals surface area contributed by atoms with Gasteiger partial charge in [-0.3, -0.25) is 0 Å². The van der Waals surface area contributed by atoms with Gasteiger partial charge >= 0.3 is 0 Å². The van der Waals surface area contributed by atoms with E-state index in [-0.39, 0.29) is 10.9 Å². The number of anilines is 2. The van der Waals surface area contributed by atoms with Gasteiger partial charge in [0.15, 0.2) is 0 Å². The Morgan fingerprint density at radius 2 is 1.95 bits per heavy atom. The molecule has 0 heterocycles. The molecule has 6 heteroatoms. The van der Waals surface area contributed by atoms with Crippen molar-refractivity contribution in [2.45, 2.75) is 56.9 Å². The van der Waals surface area contributed by atoms with Gasteiger partial charge in [-0.1, -0.05) is 32.6 Å². The summed E-state index contributed by atoms with van der Waals surface area (Å²) in [6.45, 7) is 4.28. The van der Waals surface area contributed by atoms with Gasteiger partial charge in [0.2, 0.25) is 10.0 Å². The van der Waals surface area contributed by atoms with Crippen LogP contribution in [0.4, 0.5) is 11.4 Å². The number of nitrogens with two attached hydrogens (primary N) is 1. The third-order valence-corrected chi connectivity index (χ3v) is 4.91. The lowest BCUT2D eigenvalue weighted by Gasteiger charge is -2.17. The molecule has 0 aromatic heterocycles. The quantitative estimate of drug-likeness (QED) is 0.483. The van der Waals surface area contributed by atoms with Crippen LogP contribution in [0.3, 0.4) is 0 Å². The first-order chi connectivity index (χ1) is 9.90. The van der Waals surface area contributed by atoms with Crippen molar-refractivity contribution in [3.63, 3.8) is 0 Å². The van der Waals surface area contributed by atoms with E-state index in [9.17, 15) is 8.42 Å². The summed E-state index contributed by atoms with van der Waals surface area (Å²) in [6, 6.07) is 4.98. The van der Waals surface area contributed by atoms with Crippen LogP contribution in [0.5, 0.6) is 0 Å². The van der Waals surface area contributed by atoms with Gasteiger partial charge in [0, 0.05) is 6.04 Å². The number of nitrogen functional groups attached to an aromatic ring is 1. The lowest BCUT2D eigenvalue weighted by Crippen LogP contribution is -2.20. The Kier molecular flexibility index (Phi) is 6.98. The fraction of sp³-hybridized carbons (Fsp3) is 0.600. The van der Waals surface area contributed by atoms with E-state index in [1.807, 2.05) is 0 Å². The minimum absolute atomic E-state index is 0.222. The highest BCUT2D eigenvalue weighted by Gasteiger charge is 2.14. The third kappa shape index (κ3) is 5.55. The van der Waals surface area contributed by atoms with Crippen molar-refractivity contribution in [1.82, 2.24) is 4.72 Å². The Morgan fingerprint density at radius 1 is 1.24 bits per heavy atom. The van der Waals surface area contributed by atoms with Gasteiger partial charge in [-0.15, -0.1) is 0 Å². The molecule has 0 spiro atoms. The number of hydrogen-bond acceptors (Lipinski definition) is 4. The molecule has 0 fully saturated rings. The van der Waals surface area contributed by atoms with Crippen molar-refractivity contribution in [1.29, 1.82) is 0 Å². The number of hydrogen-bond donors (Lipinski definition) is 3. The molecule has 1 aromatic rings. The normalized spacial score (nSPS) is 13.1. The standard InChI is InChI=1S/C15H27N3O2S/c1-4-5-6-7-8-12(2)18-15-11-13(9-10-14(15)16)21(19,20)17-3/h9-12,17-18H,4-8,16H2,1-3H3. The molecule has 4 N–H and O–H groups in total. The van der Waals surface area contributed by atoms with Crippen molar-refractivity contribution in [2.24, 2.45) is 0 Å². The molecule has 1 rings (SSSR count). The molecular weight excluding hydrogens is 286 g/mol. The number of unbranched alkanes of at least 4 members (excludes halogenated alkanes) is 3. The Morgan fingerprint density at radius 3 is 2.57 bits per heavy atom. The summed E-state index contributed by atoms with van der Waals surface area (Å²) in [5.74, 6) is 0. The molecule has 0 aliphatic heterocycles. The molecule has 0 bridgehead atoms. The van der Waals surface area contributed by atoms with Gasteiger partial charge < -0.3 is 11.1 Å². The van der Waals surface area contributed by atoms with Crippen LogP contribution in [0.1, 0.15) is 46.0 Å². The van der Waals surface area contributed by atoms with Crippen molar-refractivity contribution in [3.8, 4) is 0 Å². The number of sulfonamides is 1. The zero-order chi connectivity index (χ0) is 15.9. The zero-order valence-electron chi connectivity index (χ0n) is 13.1. The maximum absolute atomic E-state index is 11.8. The average Bonchev–Trinajstić information content (AvgIpc) is 2.46. The first kappa shape index (κ1) is 17.8. The fourth-order valence-electron chi connectivity index (χ4n) is 2.16. The molecule has 0 aliphatic rings. The second-order valence-corrected chi connectivity index (χ2v) is 7.24. The first-order valence-electron chi connectivity index (χ1n) is 7.50. The van der Waals surface area contributed by atoms with Crippen LogP contribution in [0.25, 0.3) is 0 Å². The predicted molar refractivity (Wildman–Crippen MR) is 88.9 cm³/mol. The number of nitrogens with one attached hydrogen (secondary N) is 2. The highest BCUT2D eigenvalue weighted by molar-refractivity contribution is 7.89. The topological polar surface area (TPSA) is 84.2 Å². The van der Waals surface area contributed by atoms with Crippen molar-refractivity contribution >= 4 is 21.4 Å². The van der Waals surface area contributed by atoms with Gasteiger partial charge in [-0.2, -0.15) is 0 Å². The Balaban J connectivity index is 2.72. The van der Waals surface area contributed by atoms with Gasteiger partial charge in [-0.05, 0) is 38.6 Å². The van der Waals surface area contributed by atoms with Crippen LogP contribution >= 0.6 is 0 Å². The maximum Gasteiger partial charge on any atom is 0.240 e. The summed E-state index contributed by atoms with van der Waals surface area (Å²) in [4.78, 5) is 0.222. The maximum atomic E-state index is 11.8. The van der Waals surface area contributed by atoms with Crippen LogP contribution in [-0.4, -0.2) is 21.5 Å². The van der Waals surface area contributed by atoms with Crippen LogP contribution in [0.2, 0.25) is 0 Å². The van der Waals surface area contributed by atoms with Gasteiger partial charge in [0.25, 0.3) is 0 Å². The summed E-state index contributed by atoms with van der Waals surface area (Å²) >= 11 is 0. The molecule has 21 heavy (non-hydrogen) atoms. The summed E-state index contributed by atoms with van der Waals surface area (Å²) in [5.41, 5.74) is 7.16. The summed E-state index contributed by atoms with van der Waals surface area (Å²) in [7, 11) is -2.05. The minimum atomic E-state index is -3.44. The molecule has 1 unspecified atom stereocenters. The Bertz CT molecular complexity index is 544. The monoisotopic (exact) mass is 313 g/mol. The highest BCUT2D eigenvalue weighted by Crippen LogP contribution is 2.24. The summed E-state index contributed by atoms with van der Waals surface area (Å²) < 4.78 is 25.9. The van der Waals surface area contributed by atoms with Crippen molar-refractivity contribution in [3.05, 3.63) is 18.2 Å². The predicted octanol–water partition coefficient (Wildman–Crippen LogP) is 2.95. The molecule has 0 amide bonds. The molecular formula is C15H27N3O2S. The smallest absolute Gasteiger partial charge is 0.240 e. The molecule has 0 saturated heterocycles. The highest BCUT2D eigenvalue weighted by atomic mass is 32.2. The number of rotatable bonds is 9. The van der Waals surface area contributed by atoms with Crippen molar-refractivity contribution in [2.75, 3.05) is 18.1 Å². The van der Waals surface area contributed by atoms with Crippen molar-refractivity contribution < 1.29 is 8.42 Å². The van der Waals surface area contributed by atoms with E-state index in [0.29, 0.717) is 11.4 Å². The Labute approximate surface area is 128 Å². The van der Waals surface area contributed by atoms with E-state index in [1.165, 1.54) is 32.4 Å². The lowest BCUT2D eigenvalue weighted by atomic mass is 10.1. The zero-order valence-corrected chi connectivity index (χ0v) is 14.0. The SMILES string of the molecule is CCCCCCC(C)Nc1cc(S(=O)(=O)NC)ccc1N. The van der Waals surface area contributed by atoms with Crippen LogP contribution in [0, 0.1) is 0 Å². The van der Waals surface area contributed by atoms with E-state index >= 15 is 0 Å². The van der Waals surface area contributed by atoms with Crippen LogP contribution < -0.4 is 15.8 Å². The molecule has 0 aliphatic carbocycles. The van der Waals surface area contributed by atoms with E-state index in [0.717, 1.165) is 12.8 Å². The molecule has 120 valence electrons. The van der Waals surface area contributed by atoms with E-state index in [2.05, 4.69) is 23.9 Å². The van der Waals surface area contributed by atoms with E-state index in [1.54, 1.807) is 12.1 Å². The van der Waals surface area contributed by atoms with Gasteiger partial charge in [0.1, 0.15) is 0 Å². The molecule has 5 nitrogen and oxygen atoms in total. The minimum Gasteiger partial charge on any atom is -0.397 e.